The van der Waals surface area contributed by atoms with E-state index in [-0.39, 0.29) is 5.88 Å². The van der Waals surface area contributed by atoms with Crippen LogP contribution in [0.15, 0.2) is 5.38 Å². The Morgan fingerprint density at radius 3 is 2.93 bits per heavy atom. The zero-order chi connectivity index (χ0) is 10.7. The Kier molecular flexibility index (Phi) is 3.43. The Bertz CT molecular complexity index is 315. The van der Waals surface area contributed by atoms with Crippen LogP contribution >= 0.6 is 11.3 Å². The third kappa shape index (κ3) is 2.60. The zero-order valence-corrected chi connectivity index (χ0v) is 9.83. The van der Waals surface area contributed by atoms with E-state index >= 15 is 0 Å². The van der Waals surface area contributed by atoms with Crippen LogP contribution in [0, 0.1) is 0 Å². The molecular formula is C10H17N3OS. The van der Waals surface area contributed by atoms with Crippen molar-refractivity contribution in [2.24, 2.45) is 0 Å². The molecule has 15 heavy (non-hydrogen) atoms. The molecular weight excluding hydrogens is 210 g/mol. The van der Waals surface area contributed by atoms with Gasteiger partial charge in [-0.05, 0) is 19.5 Å². The summed E-state index contributed by atoms with van der Waals surface area (Å²) >= 11 is 1.52. The number of hydrogen-bond donors (Lipinski definition) is 1. The quantitative estimate of drug-likeness (QED) is 0.828. The Hall–Kier alpha value is -0.810. The lowest BCUT2D eigenvalue weighted by Gasteiger charge is -2.19. The van der Waals surface area contributed by atoms with Gasteiger partial charge in [0, 0.05) is 19.6 Å². The van der Waals surface area contributed by atoms with Crippen LogP contribution in [-0.2, 0) is 0 Å². The molecule has 1 saturated heterocycles. The predicted molar refractivity (Wildman–Crippen MR) is 62.7 cm³/mol. The van der Waals surface area contributed by atoms with Crippen LogP contribution in [0.25, 0.3) is 0 Å². The summed E-state index contributed by atoms with van der Waals surface area (Å²) in [5, 5.41) is 11.9. The normalized spacial score (nSPS) is 19.1. The van der Waals surface area contributed by atoms with E-state index in [1.165, 1.54) is 24.3 Å². The molecule has 0 radical (unpaired) electrons. The molecule has 5 heteroatoms. The highest BCUT2D eigenvalue weighted by Gasteiger charge is 2.16. The minimum Gasteiger partial charge on any atom is -0.493 e. The summed E-state index contributed by atoms with van der Waals surface area (Å²) in [6.07, 6.45) is 1.17. The Labute approximate surface area is 94.2 Å². The topological polar surface area (TPSA) is 39.6 Å². The first-order valence-corrected chi connectivity index (χ1v) is 6.29. The van der Waals surface area contributed by atoms with Crippen LogP contribution in [0.3, 0.4) is 0 Å². The summed E-state index contributed by atoms with van der Waals surface area (Å²) in [6, 6.07) is 0. The highest BCUT2D eigenvalue weighted by molar-refractivity contribution is 7.13. The van der Waals surface area contributed by atoms with Gasteiger partial charge in [-0.15, -0.1) is 11.3 Å². The SMILES string of the molecule is CCN1CCCN(c2nc(O)cs2)CC1. The van der Waals surface area contributed by atoms with Gasteiger partial charge in [-0.3, -0.25) is 0 Å². The molecule has 84 valence electrons. The van der Waals surface area contributed by atoms with E-state index in [1.807, 2.05) is 0 Å². The fraction of sp³-hybridized carbons (Fsp3) is 0.700. The number of rotatable bonds is 2. The maximum absolute atomic E-state index is 9.21. The van der Waals surface area contributed by atoms with Crippen molar-refractivity contribution in [3.05, 3.63) is 5.38 Å². The number of thiazole rings is 1. The molecule has 2 rings (SSSR count). The van der Waals surface area contributed by atoms with Gasteiger partial charge in [-0.2, -0.15) is 4.98 Å². The van der Waals surface area contributed by atoms with Gasteiger partial charge in [-0.25, -0.2) is 0 Å². The molecule has 1 fully saturated rings. The van der Waals surface area contributed by atoms with Crippen LogP contribution in [-0.4, -0.2) is 47.7 Å². The number of anilines is 1. The second kappa shape index (κ2) is 4.81. The fourth-order valence-electron chi connectivity index (χ4n) is 1.88. The van der Waals surface area contributed by atoms with E-state index in [2.05, 4.69) is 21.7 Å². The van der Waals surface area contributed by atoms with Gasteiger partial charge in [0.15, 0.2) is 5.13 Å². The molecule has 4 nitrogen and oxygen atoms in total. The van der Waals surface area contributed by atoms with Crippen LogP contribution in [0.2, 0.25) is 0 Å². The second-order valence-electron chi connectivity index (χ2n) is 3.76. The third-order valence-electron chi connectivity index (χ3n) is 2.79. The highest BCUT2D eigenvalue weighted by Crippen LogP contribution is 2.24. The van der Waals surface area contributed by atoms with Crippen LogP contribution in [0.4, 0.5) is 5.13 Å². The van der Waals surface area contributed by atoms with Crippen molar-refractivity contribution >= 4 is 16.5 Å². The van der Waals surface area contributed by atoms with Crippen LogP contribution in [0.1, 0.15) is 13.3 Å². The van der Waals surface area contributed by atoms with Gasteiger partial charge in [0.2, 0.25) is 5.88 Å². The van der Waals surface area contributed by atoms with Crippen molar-refractivity contribution in [3.63, 3.8) is 0 Å². The predicted octanol–water partition coefficient (Wildman–Crippen LogP) is 1.38. The van der Waals surface area contributed by atoms with E-state index in [0.29, 0.717) is 0 Å². The number of nitrogens with zero attached hydrogens (tertiary/aromatic N) is 3. The molecule has 1 aliphatic rings. The van der Waals surface area contributed by atoms with E-state index in [0.717, 1.165) is 31.3 Å². The van der Waals surface area contributed by atoms with E-state index in [4.69, 9.17) is 0 Å². The van der Waals surface area contributed by atoms with Crippen molar-refractivity contribution in [3.8, 4) is 5.88 Å². The number of likely N-dealkylation sites (N-methyl/N-ethyl adjacent to an activating group) is 1. The first-order chi connectivity index (χ1) is 7.29. The van der Waals surface area contributed by atoms with Gasteiger partial charge in [0.05, 0.1) is 5.38 Å². The lowest BCUT2D eigenvalue weighted by atomic mass is 10.4. The summed E-state index contributed by atoms with van der Waals surface area (Å²) in [7, 11) is 0. The van der Waals surface area contributed by atoms with Gasteiger partial charge in [-0.1, -0.05) is 6.92 Å². The minimum absolute atomic E-state index is 0.145. The molecule has 0 spiro atoms. The number of hydrogen-bond acceptors (Lipinski definition) is 5. The standard InChI is InChI=1S/C10H17N3OS/c1-2-12-4-3-5-13(7-6-12)10-11-9(14)8-15-10/h8,14H,2-7H2,1H3. The van der Waals surface area contributed by atoms with Gasteiger partial charge >= 0.3 is 0 Å². The second-order valence-corrected chi connectivity index (χ2v) is 4.60. The molecule has 0 atom stereocenters. The monoisotopic (exact) mass is 227 g/mol. The molecule has 1 aliphatic heterocycles. The number of aromatic hydroxyl groups is 1. The molecule has 0 bridgehead atoms. The molecule has 0 unspecified atom stereocenters. The van der Waals surface area contributed by atoms with E-state index in [9.17, 15) is 5.11 Å². The minimum atomic E-state index is 0.145. The maximum atomic E-state index is 9.21. The maximum Gasteiger partial charge on any atom is 0.223 e. The average Bonchev–Trinajstić information content (AvgIpc) is 2.54. The summed E-state index contributed by atoms with van der Waals surface area (Å²) < 4.78 is 0. The van der Waals surface area contributed by atoms with Crippen LogP contribution in [0.5, 0.6) is 5.88 Å². The average molecular weight is 227 g/mol. The van der Waals surface area contributed by atoms with E-state index in [1.54, 1.807) is 5.38 Å². The Morgan fingerprint density at radius 1 is 1.40 bits per heavy atom. The lowest BCUT2D eigenvalue weighted by molar-refractivity contribution is 0.310. The smallest absolute Gasteiger partial charge is 0.223 e. The summed E-state index contributed by atoms with van der Waals surface area (Å²) in [5.41, 5.74) is 0. The Morgan fingerprint density at radius 2 is 2.27 bits per heavy atom. The Balaban J connectivity index is 1.99. The first kappa shape index (κ1) is 10.7. The van der Waals surface area contributed by atoms with Crippen molar-refractivity contribution in [2.75, 3.05) is 37.6 Å². The van der Waals surface area contributed by atoms with Gasteiger partial charge in [0.1, 0.15) is 0 Å². The summed E-state index contributed by atoms with van der Waals surface area (Å²) in [6.45, 7) is 7.65. The van der Waals surface area contributed by atoms with Crippen molar-refractivity contribution in [1.29, 1.82) is 0 Å². The summed E-state index contributed by atoms with van der Waals surface area (Å²) in [5.74, 6) is 0.145. The molecule has 1 aromatic rings. The molecule has 0 aromatic carbocycles. The van der Waals surface area contributed by atoms with Crippen molar-refractivity contribution in [2.45, 2.75) is 13.3 Å². The first-order valence-electron chi connectivity index (χ1n) is 5.41. The van der Waals surface area contributed by atoms with Gasteiger partial charge in [0.25, 0.3) is 0 Å². The molecule has 1 aromatic heterocycles. The molecule has 0 aliphatic carbocycles. The number of aromatic nitrogens is 1. The molecule has 0 amide bonds. The van der Waals surface area contributed by atoms with Crippen LogP contribution < -0.4 is 4.90 Å². The lowest BCUT2D eigenvalue weighted by Crippen LogP contribution is -2.30. The highest BCUT2D eigenvalue weighted by atomic mass is 32.1. The van der Waals surface area contributed by atoms with E-state index < -0.39 is 0 Å². The third-order valence-corrected chi connectivity index (χ3v) is 3.68. The van der Waals surface area contributed by atoms with Gasteiger partial charge < -0.3 is 14.9 Å². The largest absolute Gasteiger partial charge is 0.493 e. The summed E-state index contributed by atoms with van der Waals surface area (Å²) in [4.78, 5) is 8.82. The fourth-order valence-corrected chi connectivity index (χ4v) is 2.62. The van der Waals surface area contributed by atoms with Crippen molar-refractivity contribution in [1.82, 2.24) is 9.88 Å². The molecule has 1 N–H and O–H groups in total. The molecule has 2 heterocycles. The molecule has 0 saturated carbocycles. The zero-order valence-electron chi connectivity index (χ0n) is 9.02. The van der Waals surface area contributed by atoms with Crippen molar-refractivity contribution < 1.29 is 5.11 Å².